The van der Waals surface area contributed by atoms with Gasteiger partial charge in [0.05, 0.1) is 5.54 Å². The summed E-state index contributed by atoms with van der Waals surface area (Å²) in [5, 5.41) is 3.21. The number of amides is 1. The number of nitrogens with two attached hydrogens (primary N) is 1. The van der Waals surface area contributed by atoms with Crippen molar-refractivity contribution in [2.24, 2.45) is 11.7 Å². The van der Waals surface area contributed by atoms with Crippen LogP contribution in [0.15, 0.2) is 24.3 Å². The van der Waals surface area contributed by atoms with Gasteiger partial charge in [0.2, 0.25) is 0 Å². The topological polar surface area (TPSA) is 81.4 Å². The summed E-state index contributed by atoms with van der Waals surface area (Å²) in [5.74, 6) is 0.124. The van der Waals surface area contributed by atoms with E-state index in [0.29, 0.717) is 0 Å². The summed E-state index contributed by atoms with van der Waals surface area (Å²) >= 11 is 0. The molecule has 0 saturated heterocycles. The molecular weight excluding hydrogens is 256 g/mol. The van der Waals surface area contributed by atoms with E-state index in [9.17, 15) is 9.59 Å². The largest absolute Gasteiger partial charge is 0.445 e. The molecule has 1 amide bonds. The third-order valence-electron chi connectivity index (χ3n) is 2.93. The number of primary amides is 1. The number of ether oxygens (including phenoxy) is 1. The van der Waals surface area contributed by atoms with E-state index in [1.54, 1.807) is 0 Å². The Morgan fingerprint density at radius 1 is 1.25 bits per heavy atom. The van der Waals surface area contributed by atoms with E-state index < -0.39 is 11.6 Å². The van der Waals surface area contributed by atoms with Crippen molar-refractivity contribution in [3.05, 3.63) is 29.8 Å². The van der Waals surface area contributed by atoms with Gasteiger partial charge in [0, 0.05) is 11.6 Å². The van der Waals surface area contributed by atoms with Crippen LogP contribution in [0.5, 0.6) is 0 Å². The van der Waals surface area contributed by atoms with Gasteiger partial charge >= 0.3 is 6.09 Å². The number of rotatable bonds is 6. The third kappa shape index (κ3) is 4.57. The number of carbonyl (C=O) groups is 2. The average Bonchev–Trinajstić information content (AvgIpc) is 2.36. The predicted molar refractivity (Wildman–Crippen MR) is 78.4 cm³/mol. The number of ketones is 1. The zero-order valence-electron chi connectivity index (χ0n) is 12.4. The second kappa shape index (κ2) is 6.41. The van der Waals surface area contributed by atoms with E-state index in [1.807, 2.05) is 52.0 Å². The normalized spacial score (nSPS) is 11.2. The van der Waals surface area contributed by atoms with Crippen molar-refractivity contribution in [1.82, 2.24) is 0 Å². The summed E-state index contributed by atoms with van der Waals surface area (Å²) in [6.45, 7) is 7.63. The van der Waals surface area contributed by atoms with Gasteiger partial charge < -0.3 is 15.8 Å². The minimum absolute atomic E-state index is 0.0271. The number of nitrogens with one attached hydrogen (secondary N) is 1. The second-order valence-electron chi connectivity index (χ2n) is 5.57. The summed E-state index contributed by atoms with van der Waals surface area (Å²) in [5.41, 5.74) is 5.95. The third-order valence-corrected chi connectivity index (χ3v) is 2.93. The molecule has 1 aromatic carbocycles. The van der Waals surface area contributed by atoms with E-state index >= 15 is 0 Å². The van der Waals surface area contributed by atoms with E-state index in [0.717, 1.165) is 11.3 Å². The van der Waals surface area contributed by atoms with Gasteiger partial charge in [0.25, 0.3) is 0 Å². The molecule has 0 radical (unpaired) electrons. The molecule has 20 heavy (non-hydrogen) atoms. The SMILES string of the molecule is CC(C)C(=O)C(C)(C)Nc1ccc(COC(N)=O)cc1. The molecule has 0 saturated carbocycles. The Balaban J connectivity index is 2.70. The molecular formula is C15H22N2O3. The fourth-order valence-corrected chi connectivity index (χ4v) is 1.98. The molecule has 110 valence electrons. The summed E-state index contributed by atoms with van der Waals surface area (Å²) in [7, 11) is 0. The molecule has 0 aliphatic carbocycles. The van der Waals surface area contributed by atoms with Crippen LogP contribution in [0.25, 0.3) is 0 Å². The number of hydrogen-bond donors (Lipinski definition) is 2. The summed E-state index contributed by atoms with van der Waals surface area (Å²) in [6.07, 6.45) is -0.795. The highest BCUT2D eigenvalue weighted by atomic mass is 16.5. The fourth-order valence-electron chi connectivity index (χ4n) is 1.98. The molecule has 0 heterocycles. The zero-order valence-corrected chi connectivity index (χ0v) is 12.4. The van der Waals surface area contributed by atoms with Crippen molar-refractivity contribution < 1.29 is 14.3 Å². The summed E-state index contributed by atoms with van der Waals surface area (Å²) in [6, 6.07) is 7.33. The quantitative estimate of drug-likeness (QED) is 0.838. The first-order valence-electron chi connectivity index (χ1n) is 6.56. The molecule has 1 aromatic rings. The van der Waals surface area contributed by atoms with Gasteiger partial charge in [-0.2, -0.15) is 0 Å². The van der Waals surface area contributed by atoms with Crippen LogP contribution < -0.4 is 11.1 Å². The van der Waals surface area contributed by atoms with Crippen LogP contribution in [-0.2, 0) is 16.1 Å². The number of Topliss-reactive ketones (excluding diaryl/α,β-unsaturated/α-hetero) is 1. The van der Waals surface area contributed by atoms with E-state index in [-0.39, 0.29) is 18.3 Å². The molecule has 0 aromatic heterocycles. The maximum absolute atomic E-state index is 12.1. The lowest BCUT2D eigenvalue weighted by Gasteiger charge is -2.28. The predicted octanol–water partition coefficient (Wildman–Crippen LogP) is 2.70. The Labute approximate surface area is 119 Å². The Morgan fingerprint density at radius 3 is 2.25 bits per heavy atom. The Hall–Kier alpha value is -2.04. The molecule has 0 bridgehead atoms. The molecule has 3 N–H and O–H groups in total. The minimum atomic E-state index is -0.795. The van der Waals surface area contributed by atoms with E-state index in [4.69, 9.17) is 10.5 Å². The van der Waals surface area contributed by atoms with Gasteiger partial charge in [-0.1, -0.05) is 26.0 Å². The van der Waals surface area contributed by atoms with Crippen molar-refractivity contribution in [2.75, 3.05) is 5.32 Å². The van der Waals surface area contributed by atoms with Gasteiger partial charge in [-0.3, -0.25) is 4.79 Å². The first kappa shape index (κ1) is 16.0. The highest BCUT2D eigenvalue weighted by Crippen LogP contribution is 2.19. The highest BCUT2D eigenvalue weighted by Gasteiger charge is 2.29. The van der Waals surface area contributed by atoms with Crippen LogP contribution in [0.3, 0.4) is 0 Å². The lowest BCUT2D eigenvalue weighted by Crippen LogP contribution is -2.42. The lowest BCUT2D eigenvalue weighted by atomic mass is 9.90. The van der Waals surface area contributed by atoms with Gasteiger partial charge in [0.1, 0.15) is 6.61 Å². The Bertz CT molecular complexity index is 478. The van der Waals surface area contributed by atoms with Crippen LogP contribution in [0.4, 0.5) is 10.5 Å². The van der Waals surface area contributed by atoms with E-state index in [1.165, 1.54) is 0 Å². The Morgan fingerprint density at radius 2 is 1.80 bits per heavy atom. The van der Waals surface area contributed by atoms with Crippen molar-refractivity contribution in [3.8, 4) is 0 Å². The molecule has 0 spiro atoms. The maximum Gasteiger partial charge on any atom is 0.404 e. The minimum Gasteiger partial charge on any atom is -0.445 e. The molecule has 0 aliphatic rings. The smallest absolute Gasteiger partial charge is 0.404 e. The van der Waals surface area contributed by atoms with E-state index in [2.05, 4.69) is 5.32 Å². The molecule has 0 fully saturated rings. The summed E-state index contributed by atoms with van der Waals surface area (Å²) in [4.78, 5) is 22.6. The number of anilines is 1. The van der Waals surface area contributed by atoms with Crippen molar-refractivity contribution in [1.29, 1.82) is 0 Å². The number of carbonyl (C=O) groups excluding carboxylic acids is 2. The fraction of sp³-hybridized carbons (Fsp3) is 0.467. The monoisotopic (exact) mass is 278 g/mol. The highest BCUT2D eigenvalue weighted by molar-refractivity contribution is 5.91. The first-order valence-corrected chi connectivity index (χ1v) is 6.56. The van der Waals surface area contributed by atoms with Crippen LogP contribution in [-0.4, -0.2) is 17.4 Å². The van der Waals surface area contributed by atoms with Crippen molar-refractivity contribution >= 4 is 17.6 Å². The van der Waals surface area contributed by atoms with Crippen molar-refractivity contribution in [2.45, 2.75) is 39.8 Å². The zero-order chi connectivity index (χ0) is 15.3. The average molecular weight is 278 g/mol. The molecule has 5 nitrogen and oxygen atoms in total. The van der Waals surface area contributed by atoms with Gasteiger partial charge in [-0.05, 0) is 31.5 Å². The maximum atomic E-state index is 12.1. The van der Waals surface area contributed by atoms with Crippen LogP contribution in [0, 0.1) is 5.92 Å². The Kier molecular flexibility index (Phi) is 5.13. The van der Waals surface area contributed by atoms with Crippen LogP contribution in [0.2, 0.25) is 0 Å². The van der Waals surface area contributed by atoms with Gasteiger partial charge in [0.15, 0.2) is 5.78 Å². The van der Waals surface area contributed by atoms with Crippen LogP contribution >= 0.6 is 0 Å². The standard InChI is InChI=1S/C15H22N2O3/c1-10(2)13(18)15(3,4)17-12-7-5-11(6-8-12)9-20-14(16)19/h5-8,10,17H,9H2,1-4H3,(H2,16,19). The van der Waals surface area contributed by atoms with Crippen LogP contribution in [0.1, 0.15) is 33.3 Å². The van der Waals surface area contributed by atoms with Gasteiger partial charge in [-0.15, -0.1) is 0 Å². The first-order chi connectivity index (χ1) is 9.22. The van der Waals surface area contributed by atoms with Gasteiger partial charge in [-0.25, -0.2) is 4.79 Å². The van der Waals surface area contributed by atoms with Crippen molar-refractivity contribution in [3.63, 3.8) is 0 Å². The molecule has 0 unspecified atom stereocenters. The molecule has 0 aliphatic heterocycles. The molecule has 0 atom stereocenters. The molecule has 1 rings (SSSR count). The number of hydrogen-bond acceptors (Lipinski definition) is 4. The molecule has 5 heteroatoms. The second-order valence-corrected chi connectivity index (χ2v) is 5.57. The lowest BCUT2D eigenvalue weighted by molar-refractivity contribution is -0.125. The summed E-state index contributed by atoms with van der Waals surface area (Å²) < 4.78 is 4.70. The number of benzene rings is 1.